The molecule has 0 saturated carbocycles. The van der Waals surface area contributed by atoms with Crippen molar-refractivity contribution in [2.75, 3.05) is 6.54 Å². The van der Waals surface area contributed by atoms with Crippen LogP contribution in [0.15, 0.2) is 46.9 Å². The van der Waals surface area contributed by atoms with Crippen LogP contribution in [0.1, 0.15) is 28.7 Å². The third-order valence-electron chi connectivity index (χ3n) is 3.30. The number of benzene rings is 2. The van der Waals surface area contributed by atoms with E-state index in [2.05, 4.69) is 10.3 Å². The highest BCUT2D eigenvalue weighted by Gasteiger charge is 2.10. The molecule has 1 N–H and O–H groups in total. The summed E-state index contributed by atoms with van der Waals surface area (Å²) in [6, 6.07) is 12.8. The van der Waals surface area contributed by atoms with Crippen LogP contribution >= 0.6 is 11.6 Å². The number of carbonyl (C=O) groups excluding carboxylic acids is 1. The fourth-order valence-corrected chi connectivity index (χ4v) is 2.36. The van der Waals surface area contributed by atoms with E-state index in [0.717, 1.165) is 5.56 Å². The molecule has 3 aromatic rings. The molecule has 0 atom stereocenters. The molecule has 112 valence electrons. The Kier molecular flexibility index (Phi) is 4.11. The Morgan fingerprint density at radius 3 is 2.73 bits per heavy atom. The number of carbonyl (C=O) groups is 1. The molecule has 0 aliphatic carbocycles. The molecule has 22 heavy (non-hydrogen) atoms. The van der Waals surface area contributed by atoms with Gasteiger partial charge in [-0.1, -0.05) is 23.7 Å². The van der Waals surface area contributed by atoms with Crippen LogP contribution in [-0.2, 0) is 6.42 Å². The summed E-state index contributed by atoms with van der Waals surface area (Å²) in [4.78, 5) is 16.3. The van der Waals surface area contributed by atoms with E-state index in [4.69, 9.17) is 16.0 Å². The van der Waals surface area contributed by atoms with E-state index in [0.29, 0.717) is 40.5 Å². The third kappa shape index (κ3) is 3.12. The first-order chi connectivity index (χ1) is 10.7. The predicted molar refractivity (Wildman–Crippen MR) is 86.3 cm³/mol. The lowest BCUT2D eigenvalue weighted by Gasteiger charge is -2.00. The molecule has 1 amide bonds. The maximum atomic E-state index is 11.8. The number of aromatic nitrogens is 1. The minimum Gasteiger partial charge on any atom is -0.440 e. The van der Waals surface area contributed by atoms with Crippen molar-refractivity contribution < 1.29 is 9.21 Å². The van der Waals surface area contributed by atoms with Gasteiger partial charge in [0.1, 0.15) is 5.52 Å². The molecule has 2 aromatic carbocycles. The molecule has 0 saturated heterocycles. The number of halogens is 1. The second kappa shape index (κ2) is 6.20. The molecule has 0 radical (unpaired) electrons. The minimum atomic E-state index is -0.105. The van der Waals surface area contributed by atoms with E-state index in [-0.39, 0.29) is 5.91 Å². The molecule has 0 aliphatic heterocycles. The van der Waals surface area contributed by atoms with Gasteiger partial charge in [-0.2, -0.15) is 0 Å². The van der Waals surface area contributed by atoms with E-state index in [1.165, 1.54) is 0 Å². The average Bonchev–Trinajstić information content (AvgIpc) is 2.91. The molecule has 5 heteroatoms. The first-order valence-corrected chi connectivity index (χ1v) is 7.45. The summed E-state index contributed by atoms with van der Waals surface area (Å²) in [6.07, 6.45) is 0.586. The SMILES string of the molecule is CCNC(=O)c1ccc2oc(Cc3ccc(Cl)cc3)nc2c1. The molecular formula is C17H15ClN2O2. The zero-order valence-corrected chi connectivity index (χ0v) is 12.9. The summed E-state index contributed by atoms with van der Waals surface area (Å²) in [7, 11) is 0. The Morgan fingerprint density at radius 1 is 1.23 bits per heavy atom. The van der Waals surface area contributed by atoms with Crippen molar-refractivity contribution in [3.63, 3.8) is 0 Å². The molecule has 0 aliphatic rings. The highest BCUT2D eigenvalue weighted by Crippen LogP contribution is 2.20. The van der Waals surface area contributed by atoms with Crippen LogP contribution in [0.2, 0.25) is 5.02 Å². The van der Waals surface area contributed by atoms with Crippen LogP contribution in [0.4, 0.5) is 0 Å². The van der Waals surface area contributed by atoms with E-state index in [1.54, 1.807) is 18.2 Å². The van der Waals surface area contributed by atoms with Crippen LogP contribution in [0.3, 0.4) is 0 Å². The Balaban J connectivity index is 1.86. The van der Waals surface area contributed by atoms with Crippen LogP contribution in [0.25, 0.3) is 11.1 Å². The lowest BCUT2D eigenvalue weighted by atomic mass is 10.1. The lowest BCUT2D eigenvalue weighted by Crippen LogP contribution is -2.22. The van der Waals surface area contributed by atoms with E-state index in [9.17, 15) is 4.79 Å². The molecule has 3 rings (SSSR count). The van der Waals surface area contributed by atoms with Crippen molar-refractivity contribution in [1.29, 1.82) is 0 Å². The first kappa shape index (κ1) is 14.6. The molecule has 1 heterocycles. The zero-order valence-electron chi connectivity index (χ0n) is 12.1. The lowest BCUT2D eigenvalue weighted by molar-refractivity contribution is 0.0956. The Labute approximate surface area is 133 Å². The van der Waals surface area contributed by atoms with Gasteiger partial charge >= 0.3 is 0 Å². The van der Waals surface area contributed by atoms with E-state index < -0.39 is 0 Å². The van der Waals surface area contributed by atoms with Crippen molar-refractivity contribution in [2.45, 2.75) is 13.3 Å². The second-order valence-electron chi connectivity index (χ2n) is 4.95. The number of hydrogen-bond acceptors (Lipinski definition) is 3. The van der Waals surface area contributed by atoms with Gasteiger partial charge in [0.25, 0.3) is 5.91 Å². The molecule has 1 aromatic heterocycles. The quantitative estimate of drug-likeness (QED) is 0.796. The van der Waals surface area contributed by atoms with Gasteiger partial charge in [0.05, 0.1) is 0 Å². The Morgan fingerprint density at radius 2 is 2.00 bits per heavy atom. The topological polar surface area (TPSA) is 55.1 Å². The first-order valence-electron chi connectivity index (χ1n) is 7.08. The van der Waals surface area contributed by atoms with Gasteiger partial charge in [0.15, 0.2) is 11.5 Å². The molecule has 0 spiro atoms. The predicted octanol–water partition coefficient (Wildman–Crippen LogP) is 3.82. The van der Waals surface area contributed by atoms with Crippen molar-refractivity contribution in [3.8, 4) is 0 Å². The van der Waals surface area contributed by atoms with Crippen LogP contribution < -0.4 is 5.32 Å². The molecule has 0 unspecified atom stereocenters. The highest BCUT2D eigenvalue weighted by molar-refractivity contribution is 6.30. The smallest absolute Gasteiger partial charge is 0.251 e. The number of hydrogen-bond donors (Lipinski definition) is 1. The number of nitrogens with zero attached hydrogens (tertiary/aromatic N) is 1. The maximum absolute atomic E-state index is 11.8. The highest BCUT2D eigenvalue weighted by atomic mass is 35.5. The fraction of sp³-hybridized carbons (Fsp3) is 0.176. The van der Waals surface area contributed by atoms with Gasteiger partial charge in [0.2, 0.25) is 0 Å². The number of oxazole rings is 1. The standard InChI is InChI=1S/C17H15ClN2O2/c1-2-19-17(21)12-5-8-15-14(10-12)20-16(22-15)9-11-3-6-13(18)7-4-11/h3-8,10H,2,9H2,1H3,(H,19,21). The monoisotopic (exact) mass is 314 g/mol. The van der Waals surface area contributed by atoms with Crippen molar-refractivity contribution in [2.24, 2.45) is 0 Å². The van der Waals surface area contributed by atoms with Crippen LogP contribution in [0, 0.1) is 0 Å². The summed E-state index contributed by atoms with van der Waals surface area (Å²) < 4.78 is 5.72. The van der Waals surface area contributed by atoms with Crippen molar-refractivity contribution >= 4 is 28.6 Å². The summed E-state index contributed by atoms with van der Waals surface area (Å²) in [5.74, 6) is 0.511. The Hall–Kier alpha value is -2.33. The maximum Gasteiger partial charge on any atom is 0.251 e. The number of rotatable bonds is 4. The van der Waals surface area contributed by atoms with Crippen molar-refractivity contribution in [3.05, 3.63) is 64.5 Å². The molecule has 0 fully saturated rings. The van der Waals surface area contributed by atoms with Gasteiger partial charge in [-0.25, -0.2) is 4.98 Å². The third-order valence-corrected chi connectivity index (χ3v) is 3.55. The second-order valence-corrected chi connectivity index (χ2v) is 5.39. The summed E-state index contributed by atoms with van der Waals surface area (Å²) in [5.41, 5.74) is 3.02. The summed E-state index contributed by atoms with van der Waals surface area (Å²) in [6.45, 7) is 2.48. The molecule has 4 nitrogen and oxygen atoms in total. The van der Waals surface area contributed by atoms with Crippen molar-refractivity contribution in [1.82, 2.24) is 10.3 Å². The van der Waals surface area contributed by atoms with Gasteiger partial charge in [0, 0.05) is 23.6 Å². The molecular weight excluding hydrogens is 300 g/mol. The van der Waals surface area contributed by atoms with Gasteiger partial charge in [-0.3, -0.25) is 4.79 Å². The van der Waals surface area contributed by atoms with E-state index >= 15 is 0 Å². The summed E-state index contributed by atoms with van der Waals surface area (Å²) >= 11 is 5.87. The van der Waals surface area contributed by atoms with E-state index in [1.807, 2.05) is 31.2 Å². The largest absolute Gasteiger partial charge is 0.440 e. The minimum absolute atomic E-state index is 0.105. The number of fused-ring (bicyclic) bond motifs is 1. The molecule has 0 bridgehead atoms. The number of amides is 1. The Bertz CT molecular complexity index is 809. The fourth-order valence-electron chi connectivity index (χ4n) is 2.23. The zero-order chi connectivity index (χ0) is 15.5. The average molecular weight is 315 g/mol. The normalized spacial score (nSPS) is 10.8. The number of nitrogens with one attached hydrogen (secondary N) is 1. The van der Waals surface area contributed by atoms with Gasteiger partial charge in [-0.15, -0.1) is 0 Å². The van der Waals surface area contributed by atoms with Crippen LogP contribution in [0.5, 0.6) is 0 Å². The van der Waals surface area contributed by atoms with Crippen LogP contribution in [-0.4, -0.2) is 17.4 Å². The van der Waals surface area contributed by atoms with Gasteiger partial charge < -0.3 is 9.73 Å². The van der Waals surface area contributed by atoms with Gasteiger partial charge in [-0.05, 0) is 42.8 Å². The summed E-state index contributed by atoms with van der Waals surface area (Å²) in [5, 5.41) is 3.47.